The zero-order valence-corrected chi connectivity index (χ0v) is 15.9. The van der Waals surface area contributed by atoms with Gasteiger partial charge in [0.1, 0.15) is 0 Å². The van der Waals surface area contributed by atoms with Crippen LogP contribution in [0.5, 0.6) is 0 Å². The molecule has 1 radical (unpaired) electrons. The van der Waals surface area contributed by atoms with Gasteiger partial charge in [0.2, 0.25) is 5.91 Å². The van der Waals surface area contributed by atoms with E-state index in [2.05, 4.69) is 45.7 Å². The van der Waals surface area contributed by atoms with E-state index in [9.17, 15) is 4.79 Å². The molecule has 5 rings (SSSR count). The van der Waals surface area contributed by atoms with Crippen molar-refractivity contribution < 1.29 is 4.79 Å². The van der Waals surface area contributed by atoms with E-state index < -0.39 is 5.91 Å². The van der Waals surface area contributed by atoms with E-state index in [1.54, 1.807) is 17.4 Å². The maximum atomic E-state index is 12.1. The minimum Gasteiger partial charge on any atom is -0.366 e. The fraction of sp³-hybridized carbons (Fsp3) is 0.0417. The van der Waals surface area contributed by atoms with Crippen molar-refractivity contribution in [1.29, 1.82) is 0 Å². The smallest absolute Gasteiger partial charge is 0.249 e. The van der Waals surface area contributed by atoms with Gasteiger partial charge in [-0.25, -0.2) is 0 Å². The van der Waals surface area contributed by atoms with E-state index in [1.165, 1.54) is 5.56 Å². The normalized spacial score (nSPS) is 11.3. The molecule has 135 valence electrons. The minimum absolute atomic E-state index is 0.416. The summed E-state index contributed by atoms with van der Waals surface area (Å²) in [6.45, 7) is 0.734. The average Bonchev–Trinajstić information content (AvgIpc) is 3.35. The number of carbonyl (C=O) groups is 1. The van der Waals surface area contributed by atoms with Crippen LogP contribution in [-0.4, -0.2) is 10.5 Å². The van der Waals surface area contributed by atoms with Crippen LogP contribution in [0.15, 0.2) is 77.5 Å². The molecule has 0 fully saturated rings. The van der Waals surface area contributed by atoms with E-state index in [4.69, 9.17) is 5.73 Å². The molecule has 0 aliphatic carbocycles. The lowest BCUT2D eigenvalue weighted by Gasteiger charge is -2.08. The Morgan fingerprint density at radius 3 is 2.61 bits per heavy atom. The summed E-state index contributed by atoms with van der Waals surface area (Å²) < 4.78 is 2.25. The number of hydrogen-bond donors (Lipinski definition) is 1. The third kappa shape index (κ3) is 2.70. The molecule has 0 saturated heterocycles. The van der Waals surface area contributed by atoms with E-state index >= 15 is 0 Å². The maximum absolute atomic E-state index is 12.1. The Morgan fingerprint density at radius 2 is 1.86 bits per heavy atom. The van der Waals surface area contributed by atoms with Crippen LogP contribution in [0.2, 0.25) is 0 Å². The zero-order chi connectivity index (χ0) is 19.1. The Labute approximate surface area is 166 Å². The number of hydrogen-bond acceptors (Lipinski definition) is 2. The van der Waals surface area contributed by atoms with E-state index in [0.29, 0.717) is 5.56 Å². The van der Waals surface area contributed by atoms with Crippen LogP contribution < -0.4 is 5.73 Å². The minimum atomic E-state index is -0.416. The van der Waals surface area contributed by atoms with Crippen molar-refractivity contribution in [3.63, 3.8) is 0 Å². The molecule has 0 bridgehead atoms. The number of fused-ring (bicyclic) bond motifs is 3. The third-order valence-electron chi connectivity index (χ3n) is 5.09. The molecule has 0 aliphatic rings. The van der Waals surface area contributed by atoms with Gasteiger partial charge in [0.05, 0.1) is 11.0 Å². The van der Waals surface area contributed by atoms with Gasteiger partial charge in [-0.1, -0.05) is 36.4 Å². The number of benzene rings is 3. The van der Waals surface area contributed by atoms with E-state index in [1.807, 2.05) is 36.4 Å². The summed E-state index contributed by atoms with van der Waals surface area (Å²) in [6, 6.07) is 25.7. The maximum Gasteiger partial charge on any atom is 0.249 e. The summed E-state index contributed by atoms with van der Waals surface area (Å²) in [5.41, 5.74) is 11.7. The largest absolute Gasteiger partial charge is 0.366 e. The summed E-state index contributed by atoms with van der Waals surface area (Å²) in [6.07, 6.45) is 0. The zero-order valence-electron chi connectivity index (χ0n) is 15.1. The van der Waals surface area contributed by atoms with Gasteiger partial charge in [-0.2, -0.15) is 11.3 Å². The molecule has 28 heavy (non-hydrogen) atoms. The van der Waals surface area contributed by atoms with Crippen molar-refractivity contribution in [3.8, 4) is 11.1 Å². The Kier molecular flexibility index (Phi) is 3.99. The second kappa shape index (κ2) is 6.66. The molecule has 0 spiro atoms. The lowest BCUT2D eigenvalue weighted by Crippen LogP contribution is -2.11. The number of rotatable bonds is 4. The van der Waals surface area contributed by atoms with Crippen molar-refractivity contribution in [2.45, 2.75) is 6.54 Å². The molecule has 2 aromatic heterocycles. The molecule has 5 aromatic rings. The summed E-state index contributed by atoms with van der Waals surface area (Å²) in [7, 11) is 0. The monoisotopic (exact) mass is 381 g/mol. The second-order valence-electron chi connectivity index (χ2n) is 6.80. The second-order valence-corrected chi connectivity index (χ2v) is 7.58. The topological polar surface area (TPSA) is 48.0 Å². The van der Waals surface area contributed by atoms with Crippen LogP contribution in [0.3, 0.4) is 0 Å². The van der Waals surface area contributed by atoms with Crippen LogP contribution >= 0.6 is 11.3 Å². The predicted molar refractivity (Wildman–Crippen MR) is 116 cm³/mol. The Hall–Kier alpha value is -3.37. The summed E-state index contributed by atoms with van der Waals surface area (Å²) >= 11 is 1.69. The van der Waals surface area contributed by atoms with Crippen molar-refractivity contribution in [2.75, 3.05) is 0 Å². The molecular weight excluding hydrogens is 364 g/mol. The predicted octanol–water partition coefficient (Wildman–Crippen LogP) is 5.47. The first-order chi connectivity index (χ1) is 13.7. The summed E-state index contributed by atoms with van der Waals surface area (Å²) in [4.78, 5) is 12.1. The summed E-state index contributed by atoms with van der Waals surface area (Å²) in [5.74, 6) is -0.416. The molecule has 4 heteroatoms. The van der Waals surface area contributed by atoms with Crippen LogP contribution in [0.1, 0.15) is 15.9 Å². The number of amides is 1. The molecule has 0 unspecified atom stereocenters. The van der Waals surface area contributed by atoms with Crippen LogP contribution in [0.25, 0.3) is 32.9 Å². The highest BCUT2D eigenvalue weighted by Gasteiger charge is 2.17. The Balaban J connectivity index is 1.84. The molecule has 0 aliphatic heterocycles. The molecule has 3 aromatic carbocycles. The van der Waals surface area contributed by atoms with Crippen LogP contribution in [-0.2, 0) is 6.54 Å². The van der Waals surface area contributed by atoms with Gasteiger partial charge in [0, 0.05) is 22.9 Å². The van der Waals surface area contributed by atoms with Gasteiger partial charge in [0.15, 0.2) is 0 Å². The fourth-order valence-corrected chi connectivity index (χ4v) is 4.45. The average molecular weight is 381 g/mol. The van der Waals surface area contributed by atoms with Gasteiger partial charge in [-0.05, 0) is 63.8 Å². The van der Waals surface area contributed by atoms with Gasteiger partial charge >= 0.3 is 0 Å². The van der Waals surface area contributed by atoms with Crippen molar-refractivity contribution >= 4 is 39.0 Å². The van der Waals surface area contributed by atoms with Gasteiger partial charge in [-0.15, -0.1) is 0 Å². The fourth-order valence-electron chi connectivity index (χ4n) is 3.79. The molecule has 2 heterocycles. The first-order valence-corrected chi connectivity index (χ1v) is 9.99. The van der Waals surface area contributed by atoms with E-state index in [0.717, 1.165) is 39.5 Å². The number of nitrogens with two attached hydrogens (primary N) is 1. The standard InChI is InChI=1S/C24H17N2OS/c25-24(27)20-7-4-8-21-23(20)19-10-9-18(17-5-2-1-3-6-17)13-22(19)26(21)14-16-11-12-28-15-16/h1-9,11-13,15H,14H2,(H2,25,27). The first kappa shape index (κ1) is 16.8. The highest BCUT2D eigenvalue weighted by molar-refractivity contribution is 7.07. The number of aromatic nitrogens is 1. The third-order valence-corrected chi connectivity index (χ3v) is 5.82. The van der Waals surface area contributed by atoms with Gasteiger partial charge in [0.25, 0.3) is 0 Å². The Morgan fingerprint density at radius 1 is 1.00 bits per heavy atom. The van der Waals surface area contributed by atoms with Crippen molar-refractivity contribution in [1.82, 2.24) is 4.57 Å². The van der Waals surface area contributed by atoms with Gasteiger partial charge < -0.3 is 10.3 Å². The lowest BCUT2D eigenvalue weighted by atomic mass is 10.0. The quantitative estimate of drug-likeness (QED) is 0.441. The van der Waals surface area contributed by atoms with E-state index in [-0.39, 0.29) is 0 Å². The molecule has 3 nitrogen and oxygen atoms in total. The molecule has 2 N–H and O–H groups in total. The first-order valence-electron chi connectivity index (χ1n) is 9.05. The molecule has 0 saturated carbocycles. The van der Waals surface area contributed by atoms with Gasteiger partial charge in [-0.3, -0.25) is 4.79 Å². The number of nitrogens with zero attached hydrogens (tertiary/aromatic N) is 1. The number of primary amides is 1. The van der Waals surface area contributed by atoms with Crippen molar-refractivity contribution in [3.05, 3.63) is 94.7 Å². The van der Waals surface area contributed by atoms with Crippen LogP contribution in [0, 0.1) is 6.07 Å². The Bertz CT molecular complexity index is 1300. The number of thiophene rings is 1. The highest BCUT2D eigenvalue weighted by atomic mass is 32.1. The molecule has 1 amide bonds. The van der Waals surface area contributed by atoms with Crippen molar-refractivity contribution in [2.24, 2.45) is 5.73 Å². The highest BCUT2D eigenvalue weighted by Crippen LogP contribution is 2.34. The van der Waals surface area contributed by atoms with Crippen LogP contribution in [0.4, 0.5) is 0 Å². The lowest BCUT2D eigenvalue weighted by molar-refractivity contribution is 0.100. The molecular formula is C24H17N2OS. The molecule has 0 atom stereocenters. The SMILES string of the molecule is NC(=O)c1cccc2c1c1[c]cc(-c3ccccc3)cc1n2Cc1ccsc1. The number of carbonyl (C=O) groups excluding carboxylic acids is 1. The summed E-state index contributed by atoms with van der Waals surface area (Å²) in [5, 5.41) is 6.04.